The van der Waals surface area contributed by atoms with Crippen LogP contribution in [0.2, 0.25) is 0 Å². The molecule has 0 radical (unpaired) electrons. The zero-order valence-corrected chi connectivity index (χ0v) is 16.2. The molecule has 1 aromatic carbocycles. The van der Waals surface area contributed by atoms with Gasteiger partial charge in [-0.1, -0.05) is 56.8 Å². The minimum atomic E-state index is 0.0829. The number of thioether (sulfide) groups is 1. The minimum Gasteiger partial charge on any atom is -0.383 e. The SMILES string of the molecule is COCCNc1nc(SC)nc(-c2ccc(C(C)(C)C)cc2)c1C#N. The number of nitrogens with one attached hydrogen (secondary N) is 1. The van der Waals surface area contributed by atoms with E-state index >= 15 is 0 Å². The lowest BCUT2D eigenvalue weighted by Crippen LogP contribution is -2.12. The molecule has 0 amide bonds. The molecular weight excluding hydrogens is 332 g/mol. The third-order valence-electron chi connectivity index (χ3n) is 3.81. The summed E-state index contributed by atoms with van der Waals surface area (Å²) in [4.78, 5) is 9.01. The quantitative estimate of drug-likeness (QED) is 0.477. The van der Waals surface area contributed by atoms with Crippen molar-refractivity contribution in [3.05, 3.63) is 35.4 Å². The van der Waals surface area contributed by atoms with Gasteiger partial charge in [0.15, 0.2) is 5.16 Å². The first-order valence-corrected chi connectivity index (χ1v) is 9.33. The number of benzene rings is 1. The predicted octanol–water partition coefficient (Wildman–Crippen LogP) is 4.09. The first kappa shape index (κ1) is 19.2. The van der Waals surface area contributed by atoms with Crippen LogP contribution in [0.5, 0.6) is 0 Å². The zero-order valence-electron chi connectivity index (χ0n) is 15.4. The molecule has 0 aliphatic carbocycles. The molecule has 1 N–H and O–H groups in total. The summed E-state index contributed by atoms with van der Waals surface area (Å²) in [5.41, 5.74) is 3.35. The highest BCUT2D eigenvalue weighted by atomic mass is 32.2. The van der Waals surface area contributed by atoms with Crippen LogP contribution in [0.4, 0.5) is 5.82 Å². The maximum atomic E-state index is 9.66. The Morgan fingerprint density at radius 1 is 1.20 bits per heavy atom. The minimum absolute atomic E-state index is 0.0829. The molecule has 5 nitrogen and oxygen atoms in total. The number of rotatable bonds is 6. The van der Waals surface area contributed by atoms with Gasteiger partial charge < -0.3 is 10.1 Å². The second kappa shape index (κ2) is 8.32. The van der Waals surface area contributed by atoms with E-state index in [1.165, 1.54) is 17.3 Å². The normalized spacial score (nSPS) is 11.2. The maximum absolute atomic E-state index is 9.66. The predicted molar refractivity (Wildman–Crippen MR) is 103 cm³/mol. The number of hydrogen-bond acceptors (Lipinski definition) is 6. The van der Waals surface area contributed by atoms with E-state index in [0.717, 1.165) is 5.56 Å². The lowest BCUT2D eigenvalue weighted by Gasteiger charge is -2.19. The van der Waals surface area contributed by atoms with Gasteiger partial charge in [-0.2, -0.15) is 5.26 Å². The smallest absolute Gasteiger partial charge is 0.189 e. The third kappa shape index (κ3) is 4.71. The van der Waals surface area contributed by atoms with E-state index < -0.39 is 0 Å². The number of nitrogens with zero attached hydrogens (tertiary/aromatic N) is 3. The van der Waals surface area contributed by atoms with Gasteiger partial charge in [0.1, 0.15) is 17.5 Å². The van der Waals surface area contributed by atoms with Crippen LogP contribution in [0.1, 0.15) is 31.9 Å². The van der Waals surface area contributed by atoms with E-state index in [4.69, 9.17) is 4.74 Å². The van der Waals surface area contributed by atoms with Crippen molar-refractivity contribution >= 4 is 17.6 Å². The number of methoxy groups -OCH3 is 1. The molecule has 2 aromatic rings. The molecule has 0 aliphatic heterocycles. The first-order valence-electron chi connectivity index (χ1n) is 8.10. The van der Waals surface area contributed by atoms with Gasteiger partial charge in [-0.25, -0.2) is 9.97 Å². The molecular formula is C19H24N4OS. The van der Waals surface area contributed by atoms with Crippen molar-refractivity contribution in [3.8, 4) is 17.3 Å². The molecule has 1 aromatic heterocycles. The number of ether oxygens (including phenoxy) is 1. The molecule has 25 heavy (non-hydrogen) atoms. The molecule has 0 saturated heterocycles. The highest BCUT2D eigenvalue weighted by molar-refractivity contribution is 7.98. The Balaban J connectivity index is 2.48. The van der Waals surface area contributed by atoms with Gasteiger partial charge in [0.05, 0.1) is 12.3 Å². The van der Waals surface area contributed by atoms with Crippen LogP contribution in [0, 0.1) is 11.3 Å². The highest BCUT2D eigenvalue weighted by Gasteiger charge is 2.17. The summed E-state index contributed by atoms with van der Waals surface area (Å²) in [6, 6.07) is 10.5. The van der Waals surface area contributed by atoms with Crippen molar-refractivity contribution in [2.45, 2.75) is 31.3 Å². The van der Waals surface area contributed by atoms with Crippen LogP contribution >= 0.6 is 11.8 Å². The molecule has 0 atom stereocenters. The fraction of sp³-hybridized carbons (Fsp3) is 0.421. The molecule has 0 saturated carbocycles. The topological polar surface area (TPSA) is 70.8 Å². The number of nitriles is 1. The van der Waals surface area contributed by atoms with E-state index in [1.807, 2.05) is 18.4 Å². The molecule has 0 unspecified atom stereocenters. The van der Waals surface area contributed by atoms with Gasteiger partial charge in [-0.3, -0.25) is 0 Å². The molecule has 132 valence electrons. The zero-order chi connectivity index (χ0) is 18.4. The average molecular weight is 356 g/mol. The fourth-order valence-electron chi connectivity index (χ4n) is 2.37. The lowest BCUT2D eigenvalue weighted by atomic mass is 9.86. The standard InChI is InChI=1S/C19H24N4OS/c1-19(2,3)14-8-6-13(7-9-14)16-15(12-20)17(21-10-11-24-4)23-18(22-16)25-5/h6-9H,10-11H2,1-5H3,(H,21,22,23). The summed E-state index contributed by atoms with van der Waals surface area (Å²) < 4.78 is 5.06. The molecule has 0 spiro atoms. The molecule has 0 aliphatic rings. The monoisotopic (exact) mass is 356 g/mol. The van der Waals surface area contributed by atoms with Crippen LogP contribution < -0.4 is 5.32 Å². The summed E-state index contributed by atoms with van der Waals surface area (Å²) in [6.07, 6.45) is 1.92. The lowest BCUT2D eigenvalue weighted by molar-refractivity contribution is 0.210. The van der Waals surface area contributed by atoms with Crippen molar-refractivity contribution < 1.29 is 4.74 Å². The van der Waals surface area contributed by atoms with Gasteiger partial charge in [0, 0.05) is 19.2 Å². The summed E-state index contributed by atoms with van der Waals surface area (Å²) in [5.74, 6) is 0.550. The first-order chi connectivity index (χ1) is 11.9. The van der Waals surface area contributed by atoms with Crippen LogP contribution in [0.3, 0.4) is 0 Å². The van der Waals surface area contributed by atoms with Crippen molar-refractivity contribution in [2.75, 3.05) is 31.8 Å². The van der Waals surface area contributed by atoms with Gasteiger partial charge in [0.25, 0.3) is 0 Å². The second-order valence-electron chi connectivity index (χ2n) is 6.64. The molecule has 0 fully saturated rings. The van der Waals surface area contributed by atoms with Crippen LogP contribution in [-0.2, 0) is 10.2 Å². The molecule has 2 rings (SSSR count). The van der Waals surface area contributed by atoms with Crippen molar-refractivity contribution in [2.24, 2.45) is 0 Å². The van der Waals surface area contributed by atoms with Gasteiger partial charge in [-0.15, -0.1) is 0 Å². The Morgan fingerprint density at radius 2 is 1.88 bits per heavy atom. The summed E-state index contributed by atoms with van der Waals surface area (Å²) in [7, 11) is 1.64. The van der Waals surface area contributed by atoms with Crippen LogP contribution in [-0.4, -0.2) is 36.5 Å². The summed E-state index contributed by atoms with van der Waals surface area (Å²) in [6.45, 7) is 7.66. The van der Waals surface area contributed by atoms with Gasteiger partial charge in [0.2, 0.25) is 0 Å². The Hall–Kier alpha value is -2.10. The van der Waals surface area contributed by atoms with E-state index in [-0.39, 0.29) is 5.41 Å². The Bertz CT molecular complexity index is 761. The Labute approximate surface area is 153 Å². The van der Waals surface area contributed by atoms with Gasteiger partial charge in [-0.05, 0) is 17.2 Å². The summed E-state index contributed by atoms with van der Waals surface area (Å²) >= 11 is 1.45. The molecule has 6 heteroatoms. The third-order valence-corrected chi connectivity index (χ3v) is 4.35. The van der Waals surface area contributed by atoms with Crippen molar-refractivity contribution in [1.82, 2.24) is 9.97 Å². The van der Waals surface area contributed by atoms with E-state index in [0.29, 0.717) is 35.4 Å². The Morgan fingerprint density at radius 3 is 2.40 bits per heavy atom. The summed E-state index contributed by atoms with van der Waals surface area (Å²) in [5, 5.41) is 13.5. The van der Waals surface area contributed by atoms with Crippen molar-refractivity contribution in [1.29, 1.82) is 5.26 Å². The number of aromatic nitrogens is 2. The number of anilines is 1. The second-order valence-corrected chi connectivity index (χ2v) is 7.41. The largest absolute Gasteiger partial charge is 0.383 e. The van der Waals surface area contributed by atoms with E-state index in [1.54, 1.807) is 7.11 Å². The molecule has 1 heterocycles. The van der Waals surface area contributed by atoms with E-state index in [2.05, 4.69) is 54.3 Å². The van der Waals surface area contributed by atoms with Crippen molar-refractivity contribution in [3.63, 3.8) is 0 Å². The number of hydrogen-bond donors (Lipinski definition) is 1. The highest BCUT2D eigenvalue weighted by Crippen LogP contribution is 2.30. The average Bonchev–Trinajstić information content (AvgIpc) is 2.60. The van der Waals surface area contributed by atoms with Crippen LogP contribution in [0.25, 0.3) is 11.3 Å². The maximum Gasteiger partial charge on any atom is 0.189 e. The molecule has 0 bridgehead atoms. The van der Waals surface area contributed by atoms with Gasteiger partial charge >= 0.3 is 0 Å². The van der Waals surface area contributed by atoms with E-state index in [9.17, 15) is 5.26 Å². The Kier molecular flexibility index (Phi) is 6.40. The fourth-order valence-corrected chi connectivity index (χ4v) is 2.74. The van der Waals surface area contributed by atoms with Crippen LogP contribution in [0.15, 0.2) is 29.4 Å².